The minimum Gasteiger partial charge on any atom is -0.423 e. The Morgan fingerprint density at radius 1 is 1.59 bits per heavy atom. The summed E-state index contributed by atoms with van der Waals surface area (Å²) in [6, 6.07) is 4.06. The van der Waals surface area contributed by atoms with Crippen molar-refractivity contribution in [1.82, 2.24) is 9.97 Å². The molecule has 0 amide bonds. The first-order valence-electron chi connectivity index (χ1n) is 6.53. The second-order valence-corrected chi connectivity index (χ2v) is 6.01. The lowest BCUT2D eigenvalue weighted by molar-refractivity contribution is 0.601. The molecule has 0 unspecified atom stereocenters. The van der Waals surface area contributed by atoms with Gasteiger partial charge in [-0.05, 0) is 13.0 Å². The van der Waals surface area contributed by atoms with Gasteiger partial charge in [0, 0.05) is 24.2 Å². The molecule has 3 rings (SSSR count). The lowest BCUT2D eigenvalue weighted by Crippen LogP contribution is -2.25. The van der Waals surface area contributed by atoms with Crippen LogP contribution in [0.2, 0.25) is 5.02 Å². The Hall–Kier alpha value is -2.14. The van der Waals surface area contributed by atoms with Crippen molar-refractivity contribution in [3.63, 3.8) is 0 Å². The zero-order chi connectivity index (χ0) is 15.7. The predicted molar refractivity (Wildman–Crippen MR) is 87.0 cm³/mol. The van der Waals surface area contributed by atoms with E-state index < -0.39 is 0 Å². The summed E-state index contributed by atoms with van der Waals surface area (Å²) in [6.45, 7) is 2.35. The van der Waals surface area contributed by atoms with Crippen molar-refractivity contribution < 1.29 is 4.42 Å². The van der Waals surface area contributed by atoms with Crippen LogP contribution in [0, 0.1) is 11.3 Å². The van der Waals surface area contributed by atoms with Gasteiger partial charge in [0.25, 0.3) is 6.01 Å². The van der Waals surface area contributed by atoms with Gasteiger partial charge in [-0.25, -0.2) is 4.98 Å². The summed E-state index contributed by atoms with van der Waals surface area (Å²) < 4.78 is 5.77. The number of rotatable bonds is 4. The monoisotopic (exact) mass is 333 g/mol. The highest BCUT2D eigenvalue weighted by atomic mass is 35.5. The lowest BCUT2D eigenvalue weighted by atomic mass is 10.1. The number of anilines is 1. The molecule has 0 aliphatic rings. The van der Waals surface area contributed by atoms with E-state index in [1.54, 1.807) is 12.3 Å². The van der Waals surface area contributed by atoms with E-state index in [-0.39, 0.29) is 11.6 Å². The number of nitrogens with one attached hydrogen (secondary N) is 1. The Kier molecular flexibility index (Phi) is 3.98. The second-order valence-electron chi connectivity index (χ2n) is 4.71. The van der Waals surface area contributed by atoms with Crippen molar-refractivity contribution in [2.24, 2.45) is 5.73 Å². The molecule has 1 atom stereocenters. The SMILES string of the molecule is C[C@@H](CN)Nc1nc2c(C#N)c(Cl)cc(-c3nccs3)c2o1. The smallest absolute Gasteiger partial charge is 0.296 e. The molecule has 0 aliphatic heterocycles. The number of nitrogens with two attached hydrogens (primary N) is 1. The van der Waals surface area contributed by atoms with Crippen LogP contribution < -0.4 is 11.1 Å². The van der Waals surface area contributed by atoms with E-state index in [4.69, 9.17) is 21.8 Å². The summed E-state index contributed by atoms with van der Waals surface area (Å²) in [6.07, 6.45) is 1.70. The maximum absolute atomic E-state index is 9.31. The van der Waals surface area contributed by atoms with Crippen LogP contribution in [0.5, 0.6) is 0 Å². The number of hydrogen-bond donors (Lipinski definition) is 2. The van der Waals surface area contributed by atoms with E-state index in [1.807, 2.05) is 12.3 Å². The van der Waals surface area contributed by atoms with Crippen LogP contribution in [-0.2, 0) is 0 Å². The highest BCUT2D eigenvalue weighted by molar-refractivity contribution is 7.13. The van der Waals surface area contributed by atoms with E-state index >= 15 is 0 Å². The van der Waals surface area contributed by atoms with Gasteiger partial charge in [-0.2, -0.15) is 10.2 Å². The molecule has 1 aromatic carbocycles. The Balaban J connectivity index is 2.23. The highest BCUT2D eigenvalue weighted by Crippen LogP contribution is 2.37. The molecular weight excluding hydrogens is 322 g/mol. The number of aromatic nitrogens is 2. The molecule has 6 nitrogen and oxygen atoms in total. The van der Waals surface area contributed by atoms with Crippen LogP contribution in [0.1, 0.15) is 12.5 Å². The first kappa shape index (κ1) is 14.8. The van der Waals surface area contributed by atoms with Crippen LogP contribution in [0.3, 0.4) is 0 Å². The first-order chi connectivity index (χ1) is 10.6. The fourth-order valence-electron chi connectivity index (χ4n) is 2.00. The van der Waals surface area contributed by atoms with Crippen molar-refractivity contribution in [3.8, 4) is 16.6 Å². The van der Waals surface area contributed by atoms with Crippen LogP contribution >= 0.6 is 22.9 Å². The second kappa shape index (κ2) is 5.93. The van der Waals surface area contributed by atoms with Crippen molar-refractivity contribution >= 4 is 40.1 Å². The topological polar surface area (TPSA) is 101 Å². The van der Waals surface area contributed by atoms with E-state index in [1.165, 1.54) is 11.3 Å². The van der Waals surface area contributed by atoms with Crippen molar-refractivity contribution in [3.05, 3.63) is 28.2 Å². The average Bonchev–Trinajstić information content (AvgIpc) is 3.15. The van der Waals surface area contributed by atoms with Gasteiger partial charge in [0.15, 0.2) is 5.58 Å². The molecule has 0 bridgehead atoms. The van der Waals surface area contributed by atoms with Crippen LogP contribution in [-0.4, -0.2) is 22.6 Å². The summed E-state index contributed by atoms with van der Waals surface area (Å²) in [5.41, 5.74) is 7.50. The third-order valence-corrected chi connectivity index (χ3v) is 4.22. The summed E-state index contributed by atoms with van der Waals surface area (Å²) in [5.74, 6) is 0. The normalized spacial score (nSPS) is 12.3. The Bertz CT molecular complexity index is 852. The molecule has 0 saturated heterocycles. The maximum atomic E-state index is 9.31. The van der Waals surface area contributed by atoms with Crippen molar-refractivity contribution in [1.29, 1.82) is 5.26 Å². The average molecular weight is 334 g/mol. The number of halogens is 1. The van der Waals surface area contributed by atoms with Crippen molar-refractivity contribution in [2.45, 2.75) is 13.0 Å². The minimum absolute atomic E-state index is 0.00242. The molecule has 8 heteroatoms. The third-order valence-electron chi connectivity index (χ3n) is 3.12. The van der Waals surface area contributed by atoms with E-state index in [0.29, 0.717) is 28.7 Å². The maximum Gasteiger partial charge on any atom is 0.296 e. The van der Waals surface area contributed by atoms with E-state index in [9.17, 15) is 5.26 Å². The molecule has 112 valence electrons. The van der Waals surface area contributed by atoms with E-state index in [2.05, 4.69) is 21.4 Å². The Morgan fingerprint density at radius 2 is 2.41 bits per heavy atom. The minimum atomic E-state index is -0.00242. The van der Waals surface area contributed by atoms with Crippen LogP contribution in [0.4, 0.5) is 6.01 Å². The van der Waals surface area contributed by atoms with Gasteiger partial charge in [0.2, 0.25) is 0 Å². The molecule has 0 radical (unpaired) electrons. The summed E-state index contributed by atoms with van der Waals surface area (Å²) in [4.78, 5) is 8.61. The Labute approximate surface area is 135 Å². The standard InChI is InChI=1S/C14H12ClN5OS/c1-7(5-16)19-14-20-11-9(6-17)10(15)4-8(12(11)21-14)13-18-2-3-22-13/h2-4,7H,5,16H2,1H3,(H,19,20)/t7-/m0/s1. The number of nitriles is 1. The summed E-state index contributed by atoms with van der Waals surface area (Å²) >= 11 is 7.66. The van der Waals surface area contributed by atoms with Crippen LogP contribution in [0.15, 0.2) is 22.1 Å². The van der Waals surface area contributed by atoms with Gasteiger partial charge in [-0.15, -0.1) is 11.3 Å². The number of hydrogen-bond acceptors (Lipinski definition) is 7. The quantitative estimate of drug-likeness (QED) is 0.760. The third kappa shape index (κ3) is 2.52. The Morgan fingerprint density at radius 3 is 3.05 bits per heavy atom. The van der Waals surface area contributed by atoms with Gasteiger partial charge in [-0.3, -0.25) is 0 Å². The lowest BCUT2D eigenvalue weighted by Gasteiger charge is -2.07. The number of fused-ring (bicyclic) bond motifs is 1. The van der Waals surface area contributed by atoms with Gasteiger partial charge >= 0.3 is 0 Å². The zero-order valence-corrected chi connectivity index (χ0v) is 13.2. The van der Waals surface area contributed by atoms with Gasteiger partial charge in [-0.1, -0.05) is 11.6 Å². The van der Waals surface area contributed by atoms with Gasteiger partial charge in [0.05, 0.1) is 10.6 Å². The molecule has 3 N–H and O–H groups in total. The largest absolute Gasteiger partial charge is 0.423 e. The van der Waals surface area contributed by atoms with E-state index in [0.717, 1.165) is 10.6 Å². The summed E-state index contributed by atoms with van der Waals surface area (Å²) in [7, 11) is 0. The molecule has 0 spiro atoms. The molecule has 3 aromatic rings. The molecule has 2 aromatic heterocycles. The van der Waals surface area contributed by atoms with Gasteiger partial charge < -0.3 is 15.5 Å². The molecule has 0 fully saturated rings. The molecular formula is C14H12ClN5OS. The molecule has 2 heterocycles. The number of nitrogens with zero attached hydrogens (tertiary/aromatic N) is 3. The zero-order valence-electron chi connectivity index (χ0n) is 11.6. The van der Waals surface area contributed by atoms with Crippen LogP contribution in [0.25, 0.3) is 21.7 Å². The molecule has 0 saturated carbocycles. The number of oxazole rings is 1. The van der Waals surface area contributed by atoms with Gasteiger partial charge in [0.1, 0.15) is 22.2 Å². The highest BCUT2D eigenvalue weighted by Gasteiger charge is 2.20. The number of thiazole rings is 1. The first-order valence-corrected chi connectivity index (χ1v) is 7.79. The molecule has 0 aliphatic carbocycles. The fraction of sp³-hybridized carbons (Fsp3) is 0.214. The van der Waals surface area contributed by atoms with Crippen molar-refractivity contribution in [2.75, 3.05) is 11.9 Å². The molecule has 22 heavy (non-hydrogen) atoms. The fourth-order valence-corrected chi connectivity index (χ4v) is 2.89. The summed E-state index contributed by atoms with van der Waals surface area (Å²) in [5, 5.41) is 15.3. The predicted octanol–water partition coefficient (Wildman–Crippen LogP) is 3.24. The number of benzene rings is 1.